The largest absolute Gasteiger partial charge is 0.485 e. The molecule has 0 aromatic heterocycles. The van der Waals surface area contributed by atoms with Gasteiger partial charge in [0.15, 0.2) is 0 Å². The first-order valence-electron chi connectivity index (χ1n) is 10.9. The Morgan fingerprint density at radius 1 is 1.13 bits per heavy atom. The third kappa shape index (κ3) is 5.35. The standard InChI is InChI=1S/C24H30N4O3/c1-3-28-15-18(31-22-11-7-6-10-21(22)28)14-27(2)16-23(29)26-20-9-5-4-8-19(20)24(30)25-17-12-13-17/h4-11,17-18H,3,12-16H2,1-2H3,(H,25,30)(H,26,29)/t18-/m1/s1. The third-order valence-corrected chi connectivity index (χ3v) is 5.59. The molecule has 1 saturated carbocycles. The molecule has 7 nitrogen and oxygen atoms in total. The topological polar surface area (TPSA) is 73.9 Å². The van der Waals surface area contributed by atoms with Gasteiger partial charge in [-0.1, -0.05) is 24.3 Å². The van der Waals surface area contributed by atoms with Gasteiger partial charge >= 0.3 is 0 Å². The van der Waals surface area contributed by atoms with Crippen LogP contribution in [0.15, 0.2) is 48.5 Å². The van der Waals surface area contributed by atoms with Gasteiger partial charge in [0.05, 0.1) is 30.0 Å². The fourth-order valence-corrected chi connectivity index (χ4v) is 3.90. The zero-order chi connectivity index (χ0) is 21.8. The Morgan fingerprint density at radius 3 is 2.65 bits per heavy atom. The van der Waals surface area contributed by atoms with E-state index < -0.39 is 0 Å². The molecule has 2 N–H and O–H groups in total. The quantitative estimate of drug-likeness (QED) is 0.684. The molecular weight excluding hydrogens is 392 g/mol. The molecular formula is C24H30N4O3. The number of anilines is 2. The summed E-state index contributed by atoms with van der Waals surface area (Å²) in [6.07, 6.45) is 2.02. The maximum Gasteiger partial charge on any atom is 0.253 e. The molecule has 1 atom stereocenters. The Morgan fingerprint density at radius 2 is 1.87 bits per heavy atom. The van der Waals surface area contributed by atoms with Gasteiger partial charge in [-0.3, -0.25) is 14.5 Å². The number of fused-ring (bicyclic) bond motifs is 1. The summed E-state index contributed by atoms with van der Waals surface area (Å²) < 4.78 is 6.16. The Labute approximate surface area is 183 Å². The van der Waals surface area contributed by atoms with Gasteiger partial charge in [-0.15, -0.1) is 0 Å². The van der Waals surface area contributed by atoms with Crippen molar-refractivity contribution in [1.29, 1.82) is 0 Å². The Hall–Kier alpha value is -3.06. The summed E-state index contributed by atoms with van der Waals surface area (Å²) in [4.78, 5) is 29.4. The van der Waals surface area contributed by atoms with E-state index in [9.17, 15) is 9.59 Å². The average molecular weight is 423 g/mol. The smallest absolute Gasteiger partial charge is 0.253 e. The minimum Gasteiger partial charge on any atom is -0.485 e. The molecule has 1 heterocycles. The molecule has 1 aliphatic carbocycles. The zero-order valence-corrected chi connectivity index (χ0v) is 18.1. The van der Waals surface area contributed by atoms with E-state index in [4.69, 9.17) is 4.74 Å². The first kappa shape index (κ1) is 21.2. The van der Waals surface area contributed by atoms with Crippen LogP contribution in [0.2, 0.25) is 0 Å². The van der Waals surface area contributed by atoms with Crippen molar-refractivity contribution < 1.29 is 14.3 Å². The summed E-state index contributed by atoms with van der Waals surface area (Å²) in [5.74, 6) is 0.590. The minimum absolute atomic E-state index is 0.0238. The maximum atomic E-state index is 12.7. The lowest BCUT2D eigenvalue weighted by Gasteiger charge is -2.37. The number of carbonyl (C=O) groups is 2. The van der Waals surface area contributed by atoms with Crippen LogP contribution >= 0.6 is 0 Å². The van der Waals surface area contributed by atoms with Gasteiger partial charge in [-0.2, -0.15) is 0 Å². The van der Waals surface area contributed by atoms with E-state index in [2.05, 4.69) is 28.5 Å². The monoisotopic (exact) mass is 422 g/mol. The number of ether oxygens (including phenoxy) is 1. The lowest BCUT2D eigenvalue weighted by atomic mass is 10.1. The van der Waals surface area contributed by atoms with E-state index in [1.807, 2.05) is 36.2 Å². The van der Waals surface area contributed by atoms with Crippen molar-refractivity contribution in [3.8, 4) is 5.75 Å². The highest BCUT2D eigenvalue weighted by atomic mass is 16.5. The summed E-state index contributed by atoms with van der Waals surface area (Å²) in [5.41, 5.74) is 2.15. The zero-order valence-electron chi connectivity index (χ0n) is 18.1. The minimum atomic E-state index is -0.155. The molecule has 0 radical (unpaired) electrons. The van der Waals surface area contributed by atoms with Crippen LogP contribution in [0.3, 0.4) is 0 Å². The highest BCUT2D eigenvalue weighted by molar-refractivity contribution is 6.04. The third-order valence-electron chi connectivity index (χ3n) is 5.59. The molecule has 2 aliphatic rings. The summed E-state index contributed by atoms with van der Waals surface area (Å²) in [6, 6.07) is 15.5. The van der Waals surface area contributed by atoms with Crippen molar-refractivity contribution in [1.82, 2.24) is 10.2 Å². The first-order chi connectivity index (χ1) is 15.0. The Kier molecular flexibility index (Phi) is 6.42. The molecule has 4 rings (SSSR count). The van der Waals surface area contributed by atoms with Gasteiger partial charge in [0.1, 0.15) is 11.9 Å². The second-order valence-corrected chi connectivity index (χ2v) is 8.28. The number of likely N-dealkylation sites (N-methyl/N-ethyl adjacent to an activating group) is 2. The van der Waals surface area contributed by atoms with Gasteiger partial charge < -0.3 is 20.3 Å². The molecule has 164 valence electrons. The van der Waals surface area contributed by atoms with Crippen LogP contribution in [0.4, 0.5) is 11.4 Å². The van der Waals surface area contributed by atoms with E-state index >= 15 is 0 Å². The van der Waals surface area contributed by atoms with Gasteiger partial charge in [-0.25, -0.2) is 0 Å². The molecule has 2 aromatic carbocycles. The van der Waals surface area contributed by atoms with Crippen molar-refractivity contribution in [2.24, 2.45) is 0 Å². The predicted molar refractivity (Wildman–Crippen MR) is 122 cm³/mol. The molecule has 0 unspecified atom stereocenters. The molecule has 0 saturated heterocycles. The average Bonchev–Trinajstić information content (AvgIpc) is 3.57. The number of nitrogens with one attached hydrogen (secondary N) is 2. The van der Waals surface area contributed by atoms with Crippen molar-refractivity contribution >= 4 is 23.2 Å². The lowest BCUT2D eigenvalue weighted by molar-refractivity contribution is -0.117. The van der Waals surface area contributed by atoms with Gasteiger partial charge in [-0.05, 0) is 51.1 Å². The number of amides is 2. The molecule has 1 fully saturated rings. The van der Waals surface area contributed by atoms with Crippen LogP contribution < -0.4 is 20.3 Å². The van der Waals surface area contributed by atoms with Crippen LogP contribution in [-0.4, -0.2) is 62.1 Å². The fourth-order valence-electron chi connectivity index (χ4n) is 3.90. The van der Waals surface area contributed by atoms with E-state index in [0.29, 0.717) is 17.8 Å². The van der Waals surface area contributed by atoms with Crippen LogP contribution in [0.1, 0.15) is 30.1 Å². The van der Waals surface area contributed by atoms with E-state index in [1.165, 1.54) is 0 Å². The van der Waals surface area contributed by atoms with Crippen molar-refractivity contribution in [3.63, 3.8) is 0 Å². The van der Waals surface area contributed by atoms with E-state index in [0.717, 1.165) is 37.4 Å². The van der Waals surface area contributed by atoms with E-state index in [1.54, 1.807) is 18.2 Å². The van der Waals surface area contributed by atoms with Gasteiger partial charge in [0.2, 0.25) is 5.91 Å². The Bertz CT molecular complexity index is 944. The molecule has 2 amide bonds. The van der Waals surface area contributed by atoms with Crippen LogP contribution in [0, 0.1) is 0 Å². The molecule has 1 aliphatic heterocycles. The fraction of sp³-hybridized carbons (Fsp3) is 0.417. The van der Waals surface area contributed by atoms with Crippen molar-refractivity contribution in [2.45, 2.75) is 31.9 Å². The number of para-hydroxylation sites is 3. The Balaban J connectivity index is 1.33. The van der Waals surface area contributed by atoms with Crippen LogP contribution in [0.5, 0.6) is 5.75 Å². The number of hydrogen-bond donors (Lipinski definition) is 2. The summed E-state index contributed by atoms with van der Waals surface area (Å²) in [5, 5.41) is 5.87. The molecule has 31 heavy (non-hydrogen) atoms. The van der Waals surface area contributed by atoms with Gasteiger partial charge in [0.25, 0.3) is 5.91 Å². The molecule has 2 aromatic rings. The number of carbonyl (C=O) groups excluding carboxylic acids is 2. The van der Waals surface area contributed by atoms with Gasteiger partial charge in [0, 0.05) is 19.1 Å². The predicted octanol–water partition coefficient (Wildman–Crippen LogP) is 2.74. The first-order valence-corrected chi connectivity index (χ1v) is 10.9. The van der Waals surface area contributed by atoms with Crippen LogP contribution in [-0.2, 0) is 4.79 Å². The molecule has 7 heteroatoms. The second-order valence-electron chi connectivity index (χ2n) is 8.28. The highest BCUT2D eigenvalue weighted by Crippen LogP contribution is 2.32. The number of nitrogens with zero attached hydrogens (tertiary/aromatic N) is 2. The highest BCUT2D eigenvalue weighted by Gasteiger charge is 2.27. The summed E-state index contributed by atoms with van der Waals surface area (Å²) in [7, 11) is 1.91. The summed E-state index contributed by atoms with van der Waals surface area (Å²) in [6.45, 7) is 4.66. The maximum absolute atomic E-state index is 12.7. The van der Waals surface area contributed by atoms with Crippen molar-refractivity contribution in [3.05, 3.63) is 54.1 Å². The van der Waals surface area contributed by atoms with Crippen LogP contribution in [0.25, 0.3) is 0 Å². The number of rotatable bonds is 8. The summed E-state index contributed by atoms with van der Waals surface area (Å²) >= 11 is 0. The second kappa shape index (κ2) is 9.39. The van der Waals surface area contributed by atoms with E-state index in [-0.39, 0.29) is 30.5 Å². The van der Waals surface area contributed by atoms with Crippen molar-refractivity contribution in [2.75, 3.05) is 43.4 Å². The molecule has 0 bridgehead atoms. The number of benzene rings is 2. The number of hydrogen-bond acceptors (Lipinski definition) is 5. The SMILES string of the molecule is CCN1C[C@@H](CN(C)CC(=O)Nc2ccccc2C(=O)NC2CC2)Oc2ccccc21. The normalized spacial score (nSPS) is 17.6. The lowest BCUT2D eigenvalue weighted by Crippen LogP contribution is -2.46. The molecule has 0 spiro atoms.